The monoisotopic (exact) mass is 367 g/mol. The zero-order chi connectivity index (χ0) is 18.1. The molecule has 3 aromatic rings. The number of amides is 2. The Morgan fingerprint density at radius 1 is 1.19 bits per heavy atom. The highest BCUT2D eigenvalue weighted by Gasteiger charge is 2.28. The summed E-state index contributed by atoms with van der Waals surface area (Å²) in [4.78, 5) is 29.4. The quantitative estimate of drug-likeness (QED) is 0.699. The molecule has 0 aliphatic carbocycles. The lowest BCUT2D eigenvalue weighted by molar-refractivity contribution is -0.137. The molecule has 2 aromatic carbocycles. The van der Waals surface area contributed by atoms with Crippen LogP contribution in [0.2, 0.25) is 5.02 Å². The van der Waals surface area contributed by atoms with Crippen LogP contribution in [0, 0.1) is 0 Å². The Morgan fingerprint density at radius 2 is 2.04 bits per heavy atom. The Hall–Kier alpha value is -2.79. The first-order valence-electron chi connectivity index (χ1n) is 8.56. The first-order chi connectivity index (χ1) is 12.6. The van der Waals surface area contributed by atoms with Gasteiger partial charge in [-0.1, -0.05) is 29.8 Å². The Kier molecular flexibility index (Phi) is 4.39. The number of rotatable bonds is 3. The third kappa shape index (κ3) is 3.06. The molecule has 0 saturated carbocycles. The van der Waals surface area contributed by atoms with Gasteiger partial charge >= 0.3 is 11.8 Å². The zero-order valence-electron chi connectivity index (χ0n) is 14.1. The van der Waals surface area contributed by atoms with Crippen LogP contribution in [-0.4, -0.2) is 29.9 Å². The second-order valence-corrected chi connectivity index (χ2v) is 6.78. The minimum absolute atomic E-state index is 0.388. The van der Waals surface area contributed by atoms with Crippen LogP contribution in [-0.2, 0) is 22.4 Å². The fourth-order valence-corrected chi connectivity index (χ4v) is 3.59. The molecule has 0 spiro atoms. The lowest BCUT2D eigenvalue weighted by Gasteiger charge is -2.16. The van der Waals surface area contributed by atoms with E-state index in [0.29, 0.717) is 24.5 Å². The second-order valence-electron chi connectivity index (χ2n) is 6.35. The minimum Gasteiger partial charge on any atom is -0.361 e. The molecule has 26 heavy (non-hydrogen) atoms. The molecule has 0 atom stereocenters. The third-order valence-electron chi connectivity index (χ3n) is 4.74. The van der Waals surface area contributed by atoms with Crippen molar-refractivity contribution in [3.8, 4) is 0 Å². The number of carbonyl (C=O) groups is 2. The van der Waals surface area contributed by atoms with Crippen LogP contribution >= 0.6 is 11.6 Å². The van der Waals surface area contributed by atoms with Crippen LogP contribution in [0.25, 0.3) is 10.9 Å². The largest absolute Gasteiger partial charge is 0.361 e. The van der Waals surface area contributed by atoms with Crippen LogP contribution < -0.4 is 10.2 Å². The predicted molar refractivity (Wildman–Crippen MR) is 103 cm³/mol. The smallest absolute Gasteiger partial charge is 0.316 e. The molecule has 5 nitrogen and oxygen atoms in total. The maximum absolute atomic E-state index is 12.4. The van der Waals surface area contributed by atoms with Gasteiger partial charge in [0.25, 0.3) is 0 Å². The van der Waals surface area contributed by atoms with Gasteiger partial charge in [0.1, 0.15) is 0 Å². The minimum atomic E-state index is -0.570. The lowest BCUT2D eigenvalue weighted by atomic mass is 10.1. The first-order valence-corrected chi connectivity index (χ1v) is 8.94. The molecule has 0 bridgehead atoms. The Bertz CT molecular complexity index is 996. The zero-order valence-corrected chi connectivity index (χ0v) is 14.8. The number of nitrogens with one attached hydrogen (secondary N) is 2. The second kappa shape index (κ2) is 6.84. The number of halogens is 1. The van der Waals surface area contributed by atoms with Crippen molar-refractivity contribution in [3.63, 3.8) is 0 Å². The van der Waals surface area contributed by atoms with E-state index in [9.17, 15) is 9.59 Å². The number of para-hydroxylation sites is 1. The van der Waals surface area contributed by atoms with Crippen LogP contribution in [0.1, 0.15) is 11.1 Å². The number of benzene rings is 2. The summed E-state index contributed by atoms with van der Waals surface area (Å²) in [5.41, 5.74) is 3.99. The van der Waals surface area contributed by atoms with Crippen molar-refractivity contribution in [2.75, 3.05) is 18.0 Å². The van der Waals surface area contributed by atoms with Gasteiger partial charge in [0, 0.05) is 40.9 Å². The summed E-state index contributed by atoms with van der Waals surface area (Å²) in [6.07, 6.45) is 3.31. The maximum Gasteiger partial charge on any atom is 0.316 e. The summed E-state index contributed by atoms with van der Waals surface area (Å²) in [6.45, 7) is 0.937. The fourth-order valence-electron chi connectivity index (χ4n) is 3.42. The SMILES string of the molecule is O=C(NCCc1c[nH]c2ccc(Cl)cc12)C(=O)N1CCc2ccccc21. The van der Waals surface area contributed by atoms with Gasteiger partial charge in [-0.25, -0.2) is 0 Å². The number of nitrogens with zero attached hydrogens (tertiary/aromatic N) is 1. The van der Waals surface area contributed by atoms with Crippen molar-refractivity contribution in [2.45, 2.75) is 12.8 Å². The molecule has 2 heterocycles. The van der Waals surface area contributed by atoms with Gasteiger partial charge in [0.15, 0.2) is 0 Å². The fraction of sp³-hybridized carbons (Fsp3) is 0.200. The van der Waals surface area contributed by atoms with E-state index in [1.54, 1.807) is 4.90 Å². The Morgan fingerprint density at radius 3 is 2.92 bits per heavy atom. The van der Waals surface area contributed by atoms with Gasteiger partial charge in [-0.2, -0.15) is 0 Å². The molecule has 0 fully saturated rings. The number of carbonyl (C=O) groups excluding carboxylic acids is 2. The highest BCUT2D eigenvalue weighted by Crippen LogP contribution is 2.27. The number of aromatic nitrogens is 1. The van der Waals surface area contributed by atoms with Crippen LogP contribution in [0.3, 0.4) is 0 Å². The van der Waals surface area contributed by atoms with Crippen molar-refractivity contribution in [1.82, 2.24) is 10.3 Å². The lowest BCUT2D eigenvalue weighted by Crippen LogP contribution is -2.43. The molecule has 0 unspecified atom stereocenters. The maximum atomic E-state index is 12.4. The normalized spacial score (nSPS) is 13.0. The van der Waals surface area contributed by atoms with Gasteiger partial charge in [0.2, 0.25) is 0 Å². The average Bonchev–Trinajstić information content (AvgIpc) is 3.25. The summed E-state index contributed by atoms with van der Waals surface area (Å²) in [5.74, 6) is -1.07. The highest BCUT2D eigenvalue weighted by atomic mass is 35.5. The van der Waals surface area contributed by atoms with Gasteiger partial charge in [-0.15, -0.1) is 0 Å². The molecule has 0 radical (unpaired) electrons. The van der Waals surface area contributed by atoms with Gasteiger partial charge in [-0.3, -0.25) is 9.59 Å². The Balaban J connectivity index is 1.38. The number of anilines is 1. The van der Waals surface area contributed by atoms with E-state index < -0.39 is 11.8 Å². The molecule has 1 aliphatic heterocycles. The molecule has 132 valence electrons. The van der Waals surface area contributed by atoms with Crippen LogP contribution in [0.4, 0.5) is 5.69 Å². The number of hydrogen-bond acceptors (Lipinski definition) is 2. The van der Waals surface area contributed by atoms with Crippen molar-refractivity contribution in [3.05, 3.63) is 64.8 Å². The molecule has 1 aromatic heterocycles. The van der Waals surface area contributed by atoms with Crippen molar-refractivity contribution in [1.29, 1.82) is 0 Å². The average molecular weight is 368 g/mol. The first kappa shape index (κ1) is 16.7. The van der Waals surface area contributed by atoms with E-state index >= 15 is 0 Å². The highest BCUT2D eigenvalue weighted by molar-refractivity contribution is 6.40. The number of fused-ring (bicyclic) bond motifs is 2. The molecule has 2 N–H and O–H groups in total. The van der Waals surface area contributed by atoms with Crippen molar-refractivity contribution in [2.24, 2.45) is 0 Å². The summed E-state index contributed by atoms with van der Waals surface area (Å²) in [6, 6.07) is 13.3. The van der Waals surface area contributed by atoms with E-state index in [1.165, 1.54) is 0 Å². The molecule has 0 saturated heterocycles. The van der Waals surface area contributed by atoms with Crippen LogP contribution in [0.5, 0.6) is 0 Å². The van der Waals surface area contributed by atoms with Crippen molar-refractivity contribution >= 4 is 40.0 Å². The van der Waals surface area contributed by atoms with E-state index in [4.69, 9.17) is 11.6 Å². The summed E-state index contributed by atoms with van der Waals surface area (Å²) in [5, 5.41) is 4.44. The molecule has 1 aliphatic rings. The summed E-state index contributed by atoms with van der Waals surface area (Å²) >= 11 is 6.05. The van der Waals surface area contributed by atoms with E-state index in [1.807, 2.05) is 48.7 Å². The number of aromatic amines is 1. The summed E-state index contributed by atoms with van der Waals surface area (Å²) < 4.78 is 0. The molecular weight excluding hydrogens is 350 g/mol. The van der Waals surface area contributed by atoms with Gasteiger partial charge in [-0.05, 0) is 48.2 Å². The van der Waals surface area contributed by atoms with E-state index in [2.05, 4.69) is 10.3 Å². The standard InChI is InChI=1S/C20H18ClN3O2/c21-15-5-6-17-16(11-15)14(12-23-17)7-9-22-19(25)20(26)24-10-8-13-3-1-2-4-18(13)24/h1-6,11-12,23H,7-10H2,(H,22,25). The van der Waals surface area contributed by atoms with Crippen LogP contribution in [0.15, 0.2) is 48.7 Å². The molecule has 4 rings (SSSR count). The van der Waals surface area contributed by atoms with Crippen molar-refractivity contribution < 1.29 is 9.59 Å². The number of hydrogen-bond donors (Lipinski definition) is 2. The topological polar surface area (TPSA) is 65.2 Å². The molecule has 6 heteroatoms. The van der Waals surface area contributed by atoms with Gasteiger partial charge in [0.05, 0.1) is 0 Å². The van der Waals surface area contributed by atoms with E-state index in [-0.39, 0.29) is 0 Å². The summed E-state index contributed by atoms with van der Waals surface area (Å²) in [7, 11) is 0. The Labute approximate surface area is 155 Å². The van der Waals surface area contributed by atoms with Gasteiger partial charge < -0.3 is 15.2 Å². The molecular formula is C20H18ClN3O2. The predicted octanol–water partition coefficient (Wildman–Crippen LogP) is 3.07. The molecule has 2 amide bonds. The van der Waals surface area contributed by atoms with E-state index in [0.717, 1.165) is 34.1 Å². The third-order valence-corrected chi connectivity index (χ3v) is 4.97. The number of H-pyrrole nitrogens is 1.